The van der Waals surface area contributed by atoms with Crippen molar-refractivity contribution in [2.45, 2.75) is 25.8 Å². The normalized spacial score (nSPS) is 11.2. The van der Waals surface area contributed by atoms with Gasteiger partial charge in [0.2, 0.25) is 0 Å². The summed E-state index contributed by atoms with van der Waals surface area (Å²) in [5, 5.41) is 19.5. The number of hydrogen-bond donors (Lipinski definition) is 2. The van der Waals surface area contributed by atoms with Crippen molar-refractivity contribution in [2.24, 2.45) is 0 Å². The van der Waals surface area contributed by atoms with Gasteiger partial charge in [-0.15, -0.1) is 12.4 Å². The highest BCUT2D eigenvalue weighted by molar-refractivity contribution is 5.85. The van der Waals surface area contributed by atoms with Crippen molar-refractivity contribution in [3.05, 3.63) is 30.2 Å². The first-order chi connectivity index (χ1) is 9.46. The van der Waals surface area contributed by atoms with Crippen LogP contribution < -0.4 is 5.32 Å². The van der Waals surface area contributed by atoms with E-state index in [9.17, 15) is 13.2 Å². The zero-order valence-electron chi connectivity index (χ0n) is 10.9. The maximum Gasteiger partial charge on any atom is 0.408 e. The van der Waals surface area contributed by atoms with E-state index >= 15 is 0 Å². The summed E-state index contributed by atoms with van der Waals surface area (Å²) < 4.78 is 38.9. The van der Waals surface area contributed by atoms with Gasteiger partial charge in [0.25, 0.3) is 0 Å². The number of halogens is 4. The van der Waals surface area contributed by atoms with E-state index in [1.807, 2.05) is 0 Å². The fourth-order valence-electron chi connectivity index (χ4n) is 1.64. The molecule has 0 saturated heterocycles. The Labute approximate surface area is 125 Å². The average Bonchev–Trinajstić information content (AvgIpc) is 2.94. The fourth-order valence-corrected chi connectivity index (χ4v) is 1.64. The number of alkyl halides is 3. The van der Waals surface area contributed by atoms with Crippen LogP contribution in [0.25, 0.3) is 0 Å². The van der Waals surface area contributed by atoms with Crippen LogP contribution in [0.5, 0.6) is 0 Å². The highest BCUT2D eigenvalue weighted by Crippen LogP contribution is 2.17. The molecule has 118 valence electrons. The Morgan fingerprint density at radius 3 is 2.71 bits per heavy atom. The van der Waals surface area contributed by atoms with Crippen LogP contribution in [0.3, 0.4) is 0 Å². The van der Waals surface area contributed by atoms with E-state index in [0.717, 1.165) is 4.68 Å². The first-order valence-electron chi connectivity index (χ1n) is 5.92. The van der Waals surface area contributed by atoms with E-state index in [1.54, 1.807) is 16.9 Å². The summed E-state index contributed by atoms with van der Waals surface area (Å²) in [7, 11) is 0. The summed E-state index contributed by atoms with van der Waals surface area (Å²) >= 11 is 0. The number of nitrogens with one attached hydrogen (secondary N) is 1. The summed E-state index contributed by atoms with van der Waals surface area (Å²) in [5.74, 6) is 0.585. The Balaban J connectivity index is 0.00000220. The zero-order chi connectivity index (χ0) is 14.6. The Morgan fingerprint density at radius 1 is 1.29 bits per heavy atom. The molecule has 0 saturated carbocycles. The third-order valence-corrected chi connectivity index (χ3v) is 2.47. The first kappa shape index (κ1) is 17.3. The molecule has 2 aromatic heterocycles. The molecule has 0 atom stereocenters. The van der Waals surface area contributed by atoms with Gasteiger partial charge in [-0.3, -0.25) is 9.36 Å². The van der Waals surface area contributed by atoms with Gasteiger partial charge in [-0.2, -0.15) is 23.4 Å². The summed E-state index contributed by atoms with van der Waals surface area (Å²) in [6.07, 6.45) is 0.139. The third-order valence-electron chi connectivity index (χ3n) is 2.47. The van der Waals surface area contributed by atoms with Gasteiger partial charge in [-0.1, -0.05) is 0 Å². The molecule has 0 unspecified atom stereocenters. The van der Waals surface area contributed by atoms with Gasteiger partial charge in [-0.25, -0.2) is 0 Å². The quantitative estimate of drug-likeness (QED) is 0.848. The summed E-state index contributed by atoms with van der Waals surface area (Å²) in [6.45, 7) is -0.386. The fraction of sp³-hybridized carbons (Fsp3) is 0.455. The standard InChI is InChI=1S/C11H14F3N5O.ClH/c12-11(13,14)8-19-7-9(6-16-19)5-15-10-1-2-18(17-10)3-4-20;/h1-2,6-7,20H,3-5,8H2,(H,15,17);1H. The van der Waals surface area contributed by atoms with Crippen LogP contribution in [0.4, 0.5) is 19.0 Å². The molecule has 0 aliphatic heterocycles. The Hall–Kier alpha value is -1.74. The van der Waals surface area contributed by atoms with Crippen LogP contribution in [-0.4, -0.2) is 37.5 Å². The summed E-state index contributed by atoms with van der Waals surface area (Å²) in [4.78, 5) is 0. The highest BCUT2D eigenvalue weighted by Gasteiger charge is 2.28. The van der Waals surface area contributed by atoms with Crippen molar-refractivity contribution in [2.75, 3.05) is 11.9 Å². The lowest BCUT2D eigenvalue weighted by molar-refractivity contribution is -0.142. The van der Waals surface area contributed by atoms with E-state index in [1.165, 1.54) is 12.4 Å². The molecule has 0 spiro atoms. The van der Waals surface area contributed by atoms with Gasteiger partial charge >= 0.3 is 6.18 Å². The third kappa shape index (κ3) is 5.64. The van der Waals surface area contributed by atoms with Crippen molar-refractivity contribution in [3.63, 3.8) is 0 Å². The number of aromatic nitrogens is 4. The maximum atomic E-state index is 12.2. The number of rotatable bonds is 6. The molecule has 2 rings (SSSR count). The predicted octanol–water partition coefficient (Wildman–Crippen LogP) is 1.67. The van der Waals surface area contributed by atoms with Gasteiger partial charge in [0.05, 0.1) is 19.3 Å². The minimum atomic E-state index is -4.28. The second-order valence-corrected chi connectivity index (χ2v) is 4.20. The van der Waals surface area contributed by atoms with Crippen molar-refractivity contribution < 1.29 is 18.3 Å². The maximum absolute atomic E-state index is 12.2. The lowest BCUT2D eigenvalue weighted by Crippen LogP contribution is -2.17. The van der Waals surface area contributed by atoms with Crippen LogP contribution in [0.15, 0.2) is 24.7 Å². The van der Waals surface area contributed by atoms with Gasteiger partial charge in [0, 0.05) is 30.6 Å². The Bertz CT molecular complexity index is 554. The zero-order valence-corrected chi connectivity index (χ0v) is 11.7. The molecule has 2 N–H and O–H groups in total. The Morgan fingerprint density at radius 2 is 2.05 bits per heavy atom. The molecule has 0 bridgehead atoms. The molecule has 0 aliphatic carbocycles. The molecule has 21 heavy (non-hydrogen) atoms. The molecule has 0 amide bonds. The number of aliphatic hydroxyl groups is 1. The number of hydrogen-bond acceptors (Lipinski definition) is 4. The van der Waals surface area contributed by atoms with E-state index in [-0.39, 0.29) is 19.0 Å². The minimum Gasteiger partial charge on any atom is -0.394 e. The van der Waals surface area contributed by atoms with E-state index in [2.05, 4.69) is 15.5 Å². The number of nitrogens with zero attached hydrogens (tertiary/aromatic N) is 4. The van der Waals surface area contributed by atoms with Gasteiger partial charge in [0.15, 0.2) is 0 Å². The molecule has 2 heterocycles. The van der Waals surface area contributed by atoms with Crippen molar-refractivity contribution in [1.29, 1.82) is 0 Å². The van der Waals surface area contributed by atoms with Crippen LogP contribution >= 0.6 is 12.4 Å². The van der Waals surface area contributed by atoms with Crippen LogP contribution in [0.1, 0.15) is 5.56 Å². The molecule has 0 aromatic carbocycles. The van der Waals surface area contributed by atoms with Crippen LogP contribution in [0.2, 0.25) is 0 Å². The van der Waals surface area contributed by atoms with Gasteiger partial charge < -0.3 is 10.4 Å². The van der Waals surface area contributed by atoms with Gasteiger partial charge in [0.1, 0.15) is 12.4 Å². The molecular weight excluding hydrogens is 311 g/mol. The Kier molecular flexibility index (Phi) is 6.03. The highest BCUT2D eigenvalue weighted by atomic mass is 35.5. The predicted molar refractivity (Wildman–Crippen MR) is 72.2 cm³/mol. The molecule has 10 heteroatoms. The lowest BCUT2D eigenvalue weighted by atomic mass is 10.3. The van der Waals surface area contributed by atoms with Crippen LogP contribution in [0, 0.1) is 0 Å². The van der Waals surface area contributed by atoms with E-state index in [4.69, 9.17) is 5.11 Å². The number of aliphatic hydroxyl groups excluding tert-OH is 1. The topological polar surface area (TPSA) is 67.9 Å². The van der Waals surface area contributed by atoms with Crippen molar-refractivity contribution >= 4 is 18.2 Å². The molecule has 2 aromatic rings. The van der Waals surface area contributed by atoms with Crippen molar-refractivity contribution in [1.82, 2.24) is 19.6 Å². The molecular formula is C11H15ClF3N5O. The largest absolute Gasteiger partial charge is 0.408 e. The summed E-state index contributed by atoms with van der Waals surface area (Å²) in [6, 6.07) is 1.72. The lowest BCUT2D eigenvalue weighted by Gasteiger charge is -2.05. The SMILES string of the molecule is Cl.OCCn1ccc(NCc2cnn(CC(F)(F)F)c2)n1. The van der Waals surface area contributed by atoms with Crippen LogP contribution in [-0.2, 0) is 19.6 Å². The molecule has 6 nitrogen and oxygen atoms in total. The molecule has 0 aliphatic rings. The smallest absolute Gasteiger partial charge is 0.394 e. The minimum absolute atomic E-state index is 0. The molecule has 0 radical (unpaired) electrons. The van der Waals surface area contributed by atoms with Crippen molar-refractivity contribution in [3.8, 4) is 0 Å². The van der Waals surface area contributed by atoms with E-state index in [0.29, 0.717) is 24.5 Å². The second kappa shape index (κ2) is 7.32. The van der Waals surface area contributed by atoms with Gasteiger partial charge in [-0.05, 0) is 0 Å². The second-order valence-electron chi connectivity index (χ2n) is 4.20. The summed E-state index contributed by atoms with van der Waals surface area (Å²) in [5.41, 5.74) is 0.631. The first-order valence-corrected chi connectivity index (χ1v) is 5.92. The van der Waals surface area contributed by atoms with E-state index < -0.39 is 12.7 Å². The number of anilines is 1. The monoisotopic (exact) mass is 325 g/mol. The molecule has 0 fully saturated rings. The average molecular weight is 326 g/mol.